The number of halogens is 2. The van der Waals surface area contributed by atoms with E-state index in [1.807, 2.05) is 6.92 Å². The Bertz CT molecular complexity index is 597. The highest BCUT2D eigenvalue weighted by Gasteiger charge is 2.13. The molecule has 0 atom stereocenters. The fourth-order valence-electron chi connectivity index (χ4n) is 1.68. The van der Waals surface area contributed by atoms with Crippen molar-refractivity contribution in [3.05, 3.63) is 40.5 Å². The summed E-state index contributed by atoms with van der Waals surface area (Å²) in [7, 11) is 0. The highest BCUT2D eigenvalue weighted by atomic mass is 35.5. The molecule has 1 N–H and O–H groups in total. The summed E-state index contributed by atoms with van der Waals surface area (Å²) in [5.74, 6) is 0.0699. The normalized spacial score (nSPS) is 10.5. The number of amides is 1. The van der Waals surface area contributed by atoms with E-state index in [1.165, 1.54) is 6.20 Å². The Labute approximate surface area is 120 Å². The average Bonchev–Trinajstić information content (AvgIpc) is 2.71. The first-order chi connectivity index (χ1) is 9.10. The Balaban J connectivity index is 2.20. The van der Waals surface area contributed by atoms with Gasteiger partial charge in [0.2, 0.25) is 5.28 Å². The molecule has 0 fully saturated rings. The third-order valence-corrected chi connectivity index (χ3v) is 2.82. The van der Waals surface area contributed by atoms with Gasteiger partial charge in [-0.2, -0.15) is 0 Å². The van der Waals surface area contributed by atoms with Crippen LogP contribution in [0.1, 0.15) is 23.8 Å². The monoisotopic (exact) mass is 298 g/mol. The maximum atomic E-state index is 12.1. The summed E-state index contributed by atoms with van der Waals surface area (Å²) in [6, 6.07) is 3.19. The SMILES string of the molecule is CCCn1cc(Cl)cc1C(=O)Nc1ccnc(Cl)n1. The molecule has 2 rings (SSSR count). The van der Waals surface area contributed by atoms with Gasteiger partial charge in [0.05, 0.1) is 5.02 Å². The van der Waals surface area contributed by atoms with Crippen LogP contribution in [0.5, 0.6) is 0 Å². The van der Waals surface area contributed by atoms with E-state index in [2.05, 4.69) is 15.3 Å². The summed E-state index contributed by atoms with van der Waals surface area (Å²) in [5, 5.41) is 3.27. The predicted molar refractivity (Wildman–Crippen MR) is 74.7 cm³/mol. The van der Waals surface area contributed by atoms with Gasteiger partial charge in [0.1, 0.15) is 11.5 Å². The van der Waals surface area contributed by atoms with Gasteiger partial charge < -0.3 is 9.88 Å². The number of aryl methyl sites for hydroxylation is 1. The molecule has 5 nitrogen and oxygen atoms in total. The van der Waals surface area contributed by atoms with E-state index in [-0.39, 0.29) is 11.2 Å². The Hall–Kier alpha value is -1.59. The maximum absolute atomic E-state index is 12.1. The lowest BCUT2D eigenvalue weighted by Gasteiger charge is -2.08. The quantitative estimate of drug-likeness (QED) is 0.882. The Morgan fingerprint density at radius 3 is 2.95 bits per heavy atom. The van der Waals surface area contributed by atoms with Gasteiger partial charge in [0.25, 0.3) is 5.91 Å². The van der Waals surface area contributed by atoms with Crippen molar-refractivity contribution in [3.63, 3.8) is 0 Å². The molecule has 0 spiro atoms. The van der Waals surface area contributed by atoms with Gasteiger partial charge in [0, 0.05) is 18.9 Å². The molecule has 0 aliphatic heterocycles. The zero-order chi connectivity index (χ0) is 13.8. The molecular weight excluding hydrogens is 287 g/mol. The number of nitrogens with one attached hydrogen (secondary N) is 1. The topological polar surface area (TPSA) is 59.8 Å². The second-order valence-electron chi connectivity index (χ2n) is 3.90. The van der Waals surface area contributed by atoms with E-state index in [0.717, 1.165) is 13.0 Å². The standard InChI is InChI=1S/C12H12Cl2N4O/c1-2-5-18-7-8(13)6-9(18)11(19)16-10-3-4-15-12(14)17-10/h3-4,6-7H,2,5H2,1H3,(H,15,16,17,19). The predicted octanol–water partition coefficient (Wildman–Crippen LogP) is 3.25. The first-order valence-corrected chi connectivity index (χ1v) is 6.51. The van der Waals surface area contributed by atoms with Crippen LogP contribution in [0, 0.1) is 0 Å². The van der Waals surface area contributed by atoms with Crippen LogP contribution in [0.15, 0.2) is 24.5 Å². The van der Waals surface area contributed by atoms with E-state index < -0.39 is 0 Å². The van der Waals surface area contributed by atoms with Gasteiger partial charge in [-0.15, -0.1) is 0 Å². The third kappa shape index (κ3) is 3.45. The van der Waals surface area contributed by atoms with Crippen molar-refractivity contribution in [2.24, 2.45) is 0 Å². The van der Waals surface area contributed by atoms with E-state index in [4.69, 9.17) is 23.2 Å². The van der Waals surface area contributed by atoms with Crippen molar-refractivity contribution in [3.8, 4) is 0 Å². The van der Waals surface area contributed by atoms with Crippen LogP contribution in [0.25, 0.3) is 0 Å². The van der Waals surface area contributed by atoms with Gasteiger partial charge in [-0.25, -0.2) is 9.97 Å². The van der Waals surface area contributed by atoms with E-state index >= 15 is 0 Å². The Morgan fingerprint density at radius 2 is 2.26 bits per heavy atom. The lowest BCUT2D eigenvalue weighted by atomic mass is 10.3. The van der Waals surface area contributed by atoms with Crippen molar-refractivity contribution >= 4 is 34.9 Å². The van der Waals surface area contributed by atoms with Crippen molar-refractivity contribution in [2.75, 3.05) is 5.32 Å². The van der Waals surface area contributed by atoms with E-state index in [9.17, 15) is 4.79 Å². The van der Waals surface area contributed by atoms with Gasteiger partial charge in [-0.1, -0.05) is 18.5 Å². The number of aromatic nitrogens is 3. The molecule has 0 radical (unpaired) electrons. The molecule has 100 valence electrons. The molecule has 0 saturated heterocycles. The minimum Gasteiger partial charge on any atom is -0.342 e. The van der Waals surface area contributed by atoms with Crippen molar-refractivity contribution < 1.29 is 4.79 Å². The molecule has 2 aromatic heterocycles. The Kier molecular flexibility index (Phi) is 4.39. The first kappa shape index (κ1) is 13.8. The lowest BCUT2D eigenvalue weighted by Crippen LogP contribution is -2.17. The summed E-state index contributed by atoms with van der Waals surface area (Å²) in [6.07, 6.45) is 4.11. The molecule has 19 heavy (non-hydrogen) atoms. The number of anilines is 1. The molecule has 2 aromatic rings. The largest absolute Gasteiger partial charge is 0.342 e. The summed E-state index contributed by atoms with van der Waals surface area (Å²) in [4.78, 5) is 19.8. The average molecular weight is 299 g/mol. The summed E-state index contributed by atoms with van der Waals surface area (Å²) < 4.78 is 1.81. The number of hydrogen-bond donors (Lipinski definition) is 1. The van der Waals surface area contributed by atoms with Gasteiger partial charge in [-0.05, 0) is 30.2 Å². The van der Waals surface area contributed by atoms with Gasteiger partial charge >= 0.3 is 0 Å². The molecule has 0 saturated carbocycles. The molecule has 0 aromatic carbocycles. The summed E-state index contributed by atoms with van der Waals surface area (Å²) in [6.45, 7) is 2.75. The molecule has 7 heteroatoms. The molecule has 2 heterocycles. The van der Waals surface area contributed by atoms with Crippen molar-refractivity contribution in [1.82, 2.24) is 14.5 Å². The van der Waals surface area contributed by atoms with Crippen LogP contribution >= 0.6 is 23.2 Å². The van der Waals surface area contributed by atoms with Gasteiger partial charge in [0.15, 0.2) is 0 Å². The highest BCUT2D eigenvalue weighted by molar-refractivity contribution is 6.31. The zero-order valence-corrected chi connectivity index (χ0v) is 11.7. The number of carbonyl (C=O) groups excluding carboxylic acids is 1. The molecule has 0 aliphatic rings. The zero-order valence-electron chi connectivity index (χ0n) is 10.2. The second-order valence-corrected chi connectivity index (χ2v) is 4.68. The number of hydrogen-bond acceptors (Lipinski definition) is 3. The molecular formula is C12H12Cl2N4O. The molecule has 0 bridgehead atoms. The lowest BCUT2D eigenvalue weighted by molar-refractivity contribution is 0.101. The van der Waals surface area contributed by atoms with Gasteiger partial charge in [-0.3, -0.25) is 4.79 Å². The van der Waals surface area contributed by atoms with Crippen molar-refractivity contribution in [1.29, 1.82) is 0 Å². The number of nitrogens with zero attached hydrogens (tertiary/aromatic N) is 3. The third-order valence-electron chi connectivity index (χ3n) is 2.43. The number of rotatable bonds is 4. The van der Waals surface area contributed by atoms with Crippen LogP contribution in [0.4, 0.5) is 5.82 Å². The minimum absolute atomic E-state index is 0.0831. The fourth-order valence-corrected chi connectivity index (χ4v) is 2.04. The number of carbonyl (C=O) groups is 1. The first-order valence-electron chi connectivity index (χ1n) is 5.75. The summed E-state index contributed by atoms with van der Waals surface area (Å²) in [5.41, 5.74) is 0.488. The molecule has 0 unspecified atom stereocenters. The van der Waals surface area contributed by atoms with Crippen molar-refractivity contribution in [2.45, 2.75) is 19.9 Å². The van der Waals surface area contributed by atoms with Crippen LogP contribution in [0.3, 0.4) is 0 Å². The summed E-state index contributed by atoms with van der Waals surface area (Å²) >= 11 is 11.6. The van der Waals surface area contributed by atoms with Crippen LogP contribution < -0.4 is 5.32 Å². The molecule has 0 aliphatic carbocycles. The highest BCUT2D eigenvalue weighted by Crippen LogP contribution is 2.16. The fraction of sp³-hybridized carbons (Fsp3) is 0.250. The maximum Gasteiger partial charge on any atom is 0.273 e. The van der Waals surface area contributed by atoms with Crippen LogP contribution in [-0.4, -0.2) is 20.4 Å². The molecule has 1 amide bonds. The minimum atomic E-state index is -0.282. The second kappa shape index (κ2) is 6.04. The Morgan fingerprint density at radius 1 is 1.47 bits per heavy atom. The van der Waals surface area contributed by atoms with Crippen LogP contribution in [0.2, 0.25) is 10.3 Å². The van der Waals surface area contributed by atoms with E-state index in [0.29, 0.717) is 16.5 Å². The van der Waals surface area contributed by atoms with E-state index in [1.54, 1.807) is 22.9 Å². The van der Waals surface area contributed by atoms with Crippen LogP contribution in [-0.2, 0) is 6.54 Å². The smallest absolute Gasteiger partial charge is 0.273 e.